The maximum absolute atomic E-state index is 13.6. The second kappa shape index (κ2) is 8.50. The van der Waals surface area contributed by atoms with Gasteiger partial charge in [0.15, 0.2) is 5.16 Å². The molecule has 1 N–H and O–H groups in total. The normalized spacial score (nSPS) is 16.0. The molecule has 1 aromatic carbocycles. The number of thiophene rings is 1. The van der Waals surface area contributed by atoms with Crippen molar-refractivity contribution in [3.63, 3.8) is 0 Å². The van der Waals surface area contributed by atoms with Gasteiger partial charge in [-0.15, -0.1) is 11.3 Å². The van der Waals surface area contributed by atoms with E-state index in [0.717, 1.165) is 35.0 Å². The molecular weight excluding hydrogens is 426 g/mol. The summed E-state index contributed by atoms with van der Waals surface area (Å²) in [4.78, 5) is 32.5. The molecular formula is C21H22ClN3O2S2. The summed E-state index contributed by atoms with van der Waals surface area (Å²) in [5.74, 6) is 0.760. The van der Waals surface area contributed by atoms with Gasteiger partial charge in [-0.1, -0.05) is 30.3 Å². The van der Waals surface area contributed by atoms with Crippen LogP contribution in [-0.4, -0.2) is 27.8 Å². The van der Waals surface area contributed by atoms with Gasteiger partial charge in [0, 0.05) is 16.4 Å². The monoisotopic (exact) mass is 447 g/mol. The number of hydrogen-bond donors (Lipinski definition) is 1. The van der Waals surface area contributed by atoms with Gasteiger partial charge in [-0.25, -0.2) is 4.98 Å². The van der Waals surface area contributed by atoms with Gasteiger partial charge in [-0.05, 0) is 61.9 Å². The molecule has 0 saturated heterocycles. The quantitative estimate of drug-likeness (QED) is 0.463. The van der Waals surface area contributed by atoms with Gasteiger partial charge in [0.2, 0.25) is 5.91 Å². The Balaban J connectivity index is 1.87. The minimum atomic E-state index is -0.0752. The third kappa shape index (κ3) is 4.09. The predicted octanol–water partition coefficient (Wildman–Crippen LogP) is 4.45. The van der Waals surface area contributed by atoms with E-state index in [1.165, 1.54) is 16.6 Å². The van der Waals surface area contributed by atoms with Crippen LogP contribution >= 0.6 is 34.7 Å². The number of carbonyl (C=O) groups is 1. The van der Waals surface area contributed by atoms with E-state index in [1.807, 2.05) is 19.1 Å². The average Bonchev–Trinajstić information content (AvgIpc) is 3.05. The summed E-state index contributed by atoms with van der Waals surface area (Å²) >= 11 is 8.95. The maximum Gasteiger partial charge on any atom is 0.267 e. The molecule has 2 aromatic heterocycles. The van der Waals surface area contributed by atoms with E-state index >= 15 is 0 Å². The first-order valence-corrected chi connectivity index (χ1v) is 11.9. The summed E-state index contributed by atoms with van der Waals surface area (Å²) in [6.07, 6.45) is 3.00. The third-order valence-corrected chi connectivity index (χ3v) is 7.43. The minimum absolute atomic E-state index is 0.0669. The Morgan fingerprint density at radius 1 is 1.38 bits per heavy atom. The number of carbonyl (C=O) groups excluding carboxylic acids is 1. The second-order valence-corrected chi connectivity index (χ2v) is 9.75. The van der Waals surface area contributed by atoms with Crippen molar-refractivity contribution in [1.82, 2.24) is 14.9 Å². The van der Waals surface area contributed by atoms with Gasteiger partial charge < -0.3 is 5.32 Å². The van der Waals surface area contributed by atoms with Gasteiger partial charge in [0.1, 0.15) is 4.83 Å². The third-order valence-electron chi connectivity index (χ3n) is 5.09. The van der Waals surface area contributed by atoms with Gasteiger partial charge in [-0.2, -0.15) is 0 Å². The van der Waals surface area contributed by atoms with Crippen LogP contribution in [0.15, 0.2) is 34.2 Å². The lowest BCUT2D eigenvalue weighted by Gasteiger charge is -2.17. The van der Waals surface area contributed by atoms with Crippen LogP contribution in [0.5, 0.6) is 0 Å². The van der Waals surface area contributed by atoms with Crippen molar-refractivity contribution >= 4 is 50.8 Å². The molecule has 29 heavy (non-hydrogen) atoms. The van der Waals surface area contributed by atoms with Gasteiger partial charge >= 0.3 is 0 Å². The van der Waals surface area contributed by atoms with Crippen LogP contribution in [0.25, 0.3) is 15.9 Å². The topological polar surface area (TPSA) is 64.0 Å². The molecule has 5 nitrogen and oxygen atoms in total. The number of amides is 1. The molecule has 152 valence electrons. The summed E-state index contributed by atoms with van der Waals surface area (Å²) < 4.78 is 1.62. The SMILES string of the molecule is CCNC(=O)CSc1nc2sc3c(c2c(=O)n1-c1ccc(Cl)cc1)CCC(C)C3. The van der Waals surface area contributed by atoms with Crippen LogP contribution in [-0.2, 0) is 17.6 Å². The van der Waals surface area contributed by atoms with E-state index in [-0.39, 0.29) is 17.2 Å². The van der Waals surface area contributed by atoms with E-state index in [9.17, 15) is 9.59 Å². The molecule has 1 aliphatic rings. The summed E-state index contributed by atoms with van der Waals surface area (Å²) in [6.45, 7) is 4.71. The van der Waals surface area contributed by atoms with E-state index in [0.29, 0.717) is 28.3 Å². The molecule has 0 aliphatic heterocycles. The number of rotatable bonds is 5. The number of fused-ring (bicyclic) bond motifs is 3. The molecule has 2 heterocycles. The van der Waals surface area contributed by atoms with Gasteiger partial charge in [-0.3, -0.25) is 14.2 Å². The predicted molar refractivity (Wildman–Crippen MR) is 121 cm³/mol. The zero-order valence-electron chi connectivity index (χ0n) is 16.3. The Labute approximate surface area is 182 Å². The van der Waals surface area contributed by atoms with Crippen molar-refractivity contribution in [3.05, 3.63) is 50.1 Å². The number of nitrogens with zero attached hydrogens (tertiary/aromatic N) is 2. The fraction of sp³-hybridized carbons (Fsp3) is 0.381. The van der Waals surface area contributed by atoms with Crippen LogP contribution < -0.4 is 10.9 Å². The zero-order valence-corrected chi connectivity index (χ0v) is 18.7. The largest absolute Gasteiger partial charge is 0.356 e. The fourth-order valence-electron chi connectivity index (χ4n) is 3.66. The van der Waals surface area contributed by atoms with E-state index in [4.69, 9.17) is 16.6 Å². The molecule has 4 rings (SSSR count). The highest BCUT2D eigenvalue weighted by Gasteiger charge is 2.25. The molecule has 1 aliphatic carbocycles. The Bertz CT molecular complexity index is 1120. The Morgan fingerprint density at radius 2 is 2.14 bits per heavy atom. The van der Waals surface area contributed by atoms with Crippen molar-refractivity contribution in [3.8, 4) is 5.69 Å². The molecule has 0 saturated carbocycles. The Morgan fingerprint density at radius 3 is 2.86 bits per heavy atom. The first kappa shape index (κ1) is 20.4. The summed E-state index contributed by atoms with van der Waals surface area (Å²) in [5.41, 5.74) is 1.79. The van der Waals surface area contributed by atoms with Gasteiger partial charge in [0.25, 0.3) is 5.56 Å². The van der Waals surface area contributed by atoms with E-state index < -0.39 is 0 Å². The summed E-state index contributed by atoms with van der Waals surface area (Å²) in [7, 11) is 0. The summed E-state index contributed by atoms with van der Waals surface area (Å²) in [5, 5.41) is 4.66. The van der Waals surface area contributed by atoms with Crippen LogP contribution in [0, 0.1) is 5.92 Å². The number of hydrogen-bond acceptors (Lipinski definition) is 5. The highest BCUT2D eigenvalue weighted by atomic mass is 35.5. The zero-order chi connectivity index (χ0) is 20.5. The molecule has 0 fully saturated rings. The van der Waals surface area contributed by atoms with Crippen molar-refractivity contribution in [1.29, 1.82) is 0 Å². The number of thioether (sulfide) groups is 1. The van der Waals surface area contributed by atoms with E-state index in [1.54, 1.807) is 28.0 Å². The van der Waals surface area contributed by atoms with Crippen LogP contribution in [0.2, 0.25) is 5.02 Å². The van der Waals surface area contributed by atoms with Crippen LogP contribution in [0.1, 0.15) is 30.7 Å². The number of benzene rings is 1. The Hall–Kier alpha value is -1.83. The molecule has 1 atom stereocenters. The lowest BCUT2D eigenvalue weighted by Crippen LogP contribution is -2.26. The van der Waals surface area contributed by atoms with Crippen molar-refractivity contribution in [2.45, 2.75) is 38.3 Å². The van der Waals surface area contributed by atoms with Crippen molar-refractivity contribution < 1.29 is 4.79 Å². The number of nitrogens with one attached hydrogen (secondary N) is 1. The van der Waals surface area contributed by atoms with E-state index in [2.05, 4.69) is 12.2 Å². The lowest BCUT2D eigenvalue weighted by atomic mass is 9.89. The molecule has 0 bridgehead atoms. The number of aryl methyl sites for hydroxylation is 1. The highest BCUT2D eigenvalue weighted by Crippen LogP contribution is 2.37. The standard InChI is InChI=1S/C21H22ClN3O2S2/c1-3-23-17(26)11-28-21-24-19-18(15-9-4-12(2)10-16(15)29-19)20(27)25(21)14-7-5-13(22)6-8-14/h5-8,12H,3-4,9-11H2,1-2H3,(H,23,26). The Kier molecular flexibility index (Phi) is 5.99. The van der Waals surface area contributed by atoms with Crippen molar-refractivity contribution in [2.75, 3.05) is 12.3 Å². The smallest absolute Gasteiger partial charge is 0.267 e. The molecule has 3 aromatic rings. The molecule has 0 radical (unpaired) electrons. The fourth-order valence-corrected chi connectivity index (χ4v) is 6.06. The van der Waals surface area contributed by atoms with Gasteiger partial charge in [0.05, 0.1) is 16.8 Å². The first-order chi connectivity index (χ1) is 14.0. The highest BCUT2D eigenvalue weighted by molar-refractivity contribution is 7.99. The van der Waals surface area contributed by atoms with Crippen molar-refractivity contribution in [2.24, 2.45) is 5.92 Å². The number of aromatic nitrogens is 2. The molecule has 8 heteroatoms. The average molecular weight is 448 g/mol. The second-order valence-electron chi connectivity index (χ2n) is 7.29. The lowest BCUT2D eigenvalue weighted by molar-refractivity contribution is -0.118. The summed E-state index contributed by atoms with van der Waals surface area (Å²) in [6, 6.07) is 7.15. The molecule has 1 amide bonds. The molecule has 0 spiro atoms. The number of halogens is 1. The first-order valence-electron chi connectivity index (χ1n) is 9.70. The molecule has 1 unspecified atom stereocenters. The van der Waals surface area contributed by atoms with Crippen LogP contribution in [0.3, 0.4) is 0 Å². The maximum atomic E-state index is 13.6. The minimum Gasteiger partial charge on any atom is -0.356 e. The van der Waals surface area contributed by atoms with Crippen LogP contribution in [0.4, 0.5) is 0 Å².